The molecule has 1 saturated heterocycles. The summed E-state index contributed by atoms with van der Waals surface area (Å²) in [6.45, 7) is 0.794. The van der Waals surface area contributed by atoms with Crippen molar-refractivity contribution in [3.05, 3.63) is 102 Å². The van der Waals surface area contributed by atoms with E-state index in [9.17, 15) is 13.2 Å². The van der Waals surface area contributed by atoms with Gasteiger partial charge in [0.15, 0.2) is 0 Å². The van der Waals surface area contributed by atoms with E-state index in [2.05, 4.69) is 17.4 Å². The third-order valence-electron chi connectivity index (χ3n) is 6.48. The number of nitrogens with one attached hydrogen (secondary N) is 1. The topological polar surface area (TPSA) is 66.5 Å². The monoisotopic (exact) mass is 476 g/mol. The van der Waals surface area contributed by atoms with Crippen molar-refractivity contribution in [1.29, 1.82) is 0 Å². The molecule has 1 fully saturated rings. The van der Waals surface area contributed by atoms with Crippen LogP contribution in [0, 0.1) is 5.92 Å². The summed E-state index contributed by atoms with van der Waals surface area (Å²) in [6.07, 6.45) is 4.16. The van der Waals surface area contributed by atoms with Crippen LogP contribution >= 0.6 is 0 Å². The molecule has 0 radical (unpaired) electrons. The SMILES string of the molecule is O=C(NCCCCc1ccccc1)[C@@H]1CC[C@H](c2ccccc2)N(S(=O)(=O)c2ccccc2)C1. The van der Waals surface area contributed by atoms with Gasteiger partial charge in [0, 0.05) is 13.1 Å². The smallest absolute Gasteiger partial charge is 0.243 e. The van der Waals surface area contributed by atoms with Crippen LogP contribution in [-0.4, -0.2) is 31.7 Å². The van der Waals surface area contributed by atoms with Gasteiger partial charge in [0.25, 0.3) is 0 Å². The fourth-order valence-electron chi connectivity index (χ4n) is 4.61. The van der Waals surface area contributed by atoms with E-state index < -0.39 is 10.0 Å². The van der Waals surface area contributed by atoms with E-state index in [0.29, 0.717) is 19.4 Å². The highest BCUT2D eigenvalue weighted by Gasteiger charge is 2.39. The summed E-state index contributed by atoms with van der Waals surface area (Å²) in [5.74, 6) is -0.410. The fourth-order valence-corrected chi connectivity index (χ4v) is 6.32. The Labute approximate surface area is 202 Å². The van der Waals surface area contributed by atoms with Crippen molar-refractivity contribution in [3.8, 4) is 0 Å². The van der Waals surface area contributed by atoms with Crippen molar-refractivity contribution in [3.63, 3.8) is 0 Å². The molecular weight excluding hydrogens is 444 g/mol. The molecule has 3 aromatic rings. The minimum absolute atomic E-state index is 0.0560. The molecular formula is C28H32N2O3S. The molecule has 1 aliphatic rings. The molecule has 4 rings (SSSR count). The lowest BCUT2D eigenvalue weighted by molar-refractivity contribution is -0.126. The standard InChI is InChI=1S/C28H32N2O3S/c31-28(29-21-11-10-14-23-12-4-1-5-13-23)25-19-20-27(24-15-6-2-7-16-24)30(22-25)34(32,33)26-17-8-3-9-18-26/h1-9,12-13,15-18,25,27H,10-11,14,19-22H2,(H,29,31)/t25-,27-/m1/s1. The van der Waals surface area contributed by atoms with E-state index in [0.717, 1.165) is 24.8 Å². The Morgan fingerprint density at radius 1 is 0.824 bits per heavy atom. The molecule has 1 amide bonds. The van der Waals surface area contributed by atoms with Crippen LogP contribution in [-0.2, 0) is 21.2 Å². The number of nitrogens with zero attached hydrogens (tertiary/aromatic N) is 1. The van der Waals surface area contributed by atoms with E-state index in [-0.39, 0.29) is 29.3 Å². The third kappa shape index (κ3) is 5.93. The maximum absolute atomic E-state index is 13.6. The summed E-state index contributed by atoms with van der Waals surface area (Å²) < 4.78 is 28.7. The lowest BCUT2D eigenvalue weighted by Gasteiger charge is -2.38. The predicted octanol–water partition coefficient (Wildman–Crippen LogP) is 4.97. The first-order valence-corrected chi connectivity index (χ1v) is 13.4. The molecule has 178 valence electrons. The van der Waals surface area contributed by atoms with Crippen molar-refractivity contribution in [1.82, 2.24) is 9.62 Å². The largest absolute Gasteiger partial charge is 0.356 e. The van der Waals surface area contributed by atoms with Crippen LogP contribution in [0.3, 0.4) is 0 Å². The number of carbonyl (C=O) groups is 1. The zero-order valence-corrected chi connectivity index (χ0v) is 20.2. The molecule has 1 N–H and O–H groups in total. The number of hydrogen-bond acceptors (Lipinski definition) is 3. The van der Waals surface area contributed by atoms with Gasteiger partial charge in [0.05, 0.1) is 16.9 Å². The second kappa shape index (κ2) is 11.4. The minimum Gasteiger partial charge on any atom is -0.356 e. The molecule has 1 aliphatic heterocycles. The minimum atomic E-state index is -3.73. The summed E-state index contributed by atoms with van der Waals surface area (Å²) >= 11 is 0. The number of benzene rings is 3. The van der Waals surface area contributed by atoms with Gasteiger partial charge in [-0.3, -0.25) is 4.79 Å². The van der Waals surface area contributed by atoms with Crippen molar-refractivity contribution in [2.24, 2.45) is 5.92 Å². The van der Waals surface area contributed by atoms with Crippen molar-refractivity contribution in [2.45, 2.75) is 43.0 Å². The summed E-state index contributed by atoms with van der Waals surface area (Å²) in [5.41, 5.74) is 2.26. The maximum Gasteiger partial charge on any atom is 0.243 e. The Hall–Kier alpha value is -2.96. The van der Waals surface area contributed by atoms with E-state index in [1.54, 1.807) is 30.3 Å². The average molecular weight is 477 g/mol. The first kappa shape index (κ1) is 24.2. The number of sulfonamides is 1. The normalized spacial score (nSPS) is 18.9. The van der Waals surface area contributed by atoms with Gasteiger partial charge in [-0.15, -0.1) is 0 Å². The van der Waals surface area contributed by atoms with Gasteiger partial charge in [-0.05, 0) is 55.4 Å². The summed E-state index contributed by atoms with van der Waals surface area (Å²) in [6, 6.07) is 28.3. The Bertz CT molecular complexity index is 1150. The average Bonchev–Trinajstić information content (AvgIpc) is 2.89. The van der Waals surface area contributed by atoms with Crippen LogP contribution in [0.5, 0.6) is 0 Å². The van der Waals surface area contributed by atoms with Crippen LogP contribution < -0.4 is 5.32 Å². The van der Waals surface area contributed by atoms with Crippen molar-refractivity contribution < 1.29 is 13.2 Å². The molecule has 0 spiro atoms. The Kier molecular flexibility index (Phi) is 8.14. The molecule has 0 unspecified atom stereocenters. The second-order valence-corrected chi connectivity index (χ2v) is 10.7. The Morgan fingerprint density at radius 2 is 1.44 bits per heavy atom. The number of rotatable bonds is 9. The fraction of sp³-hybridized carbons (Fsp3) is 0.321. The van der Waals surface area contributed by atoms with Gasteiger partial charge in [0.1, 0.15) is 0 Å². The van der Waals surface area contributed by atoms with Gasteiger partial charge in [-0.2, -0.15) is 4.31 Å². The molecule has 6 heteroatoms. The van der Waals surface area contributed by atoms with E-state index in [1.807, 2.05) is 48.5 Å². The lowest BCUT2D eigenvalue weighted by Crippen LogP contribution is -2.47. The molecule has 3 aromatic carbocycles. The molecule has 0 aromatic heterocycles. The van der Waals surface area contributed by atoms with Gasteiger partial charge < -0.3 is 5.32 Å². The number of carbonyl (C=O) groups excluding carboxylic acids is 1. The number of aryl methyl sites for hydroxylation is 1. The van der Waals surface area contributed by atoms with E-state index in [4.69, 9.17) is 0 Å². The van der Waals surface area contributed by atoms with Crippen molar-refractivity contribution >= 4 is 15.9 Å². The van der Waals surface area contributed by atoms with Gasteiger partial charge in [-0.1, -0.05) is 78.9 Å². The zero-order valence-electron chi connectivity index (χ0n) is 19.3. The Morgan fingerprint density at radius 3 is 2.12 bits per heavy atom. The van der Waals surface area contributed by atoms with Gasteiger partial charge >= 0.3 is 0 Å². The molecule has 2 atom stereocenters. The molecule has 0 bridgehead atoms. The highest BCUT2D eigenvalue weighted by molar-refractivity contribution is 7.89. The number of unbranched alkanes of at least 4 members (excludes halogenated alkanes) is 1. The second-order valence-electron chi connectivity index (χ2n) is 8.82. The van der Waals surface area contributed by atoms with Gasteiger partial charge in [0.2, 0.25) is 15.9 Å². The first-order valence-electron chi connectivity index (χ1n) is 12.0. The van der Waals surface area contributed by atoms with Crippen LogP contribution in [0.1, 0.15) is 42.9 Å². The highest BCUT2D eigenvalue weighted by Crippen LogP contribution is 2.37. The maximum atomic E-state index is 13.6. The molecule has 0 aliphatic carbocycles. The van der Waals surface area contributed by atoms with Crippen LogP contribution in [0.4, 0.5) is 0 Å². The molecule has 1 heterocycles. The van der Waals surface area contributed by atoms with E-state index >= 15 is 0 Å². The lowest BCUT2D eigenvalue weighted by atomic mass is 9.90. The summed E-state index contributed by atoms with van der Waals surface area (Å²) in [4.78, 5) is 13.2. The van der Waals surface area contributed by atoms with Gasteiger partial charge in [-0.25, -0.2) is 8.42 Å². The first-order chi connectivity index (χ1) is 16.6. The summed E-state index contributed by atoms with van der Waals surface area (Å²) in [5, 5.41) is 3.04. The quantitative estimate of drug-likeness (QED) is 0.444. The van der Waals surface area contributed by atoms with Crippen LogP contribution in [0.2, 0.25) is 0 Å². The van der Waals surface area contributed by atoms with Crippen LogP contribution in [0.25, 0.3) is 0 Å². The zero-order chi connectivity index (χ0) is 23.8. The summed E-state index contributed by atoms with van der Waals surface area (Å²) in [7, 11) is -3.73. The highest BCUT2D eigenvalue weighted by atomic mass is 32.2. The third-order valence-corrected chi connectivity index (χ3v) is 8.36. The number of piperidine rings is 1. The molecule has 34 heavy (non-hydrogen) atoms. The molecule has 5 nitrogen and oxygen atoms in total. The number of amides is 1. The number of hydrogen-bond donors (Lipinski definition) is 1. The van der Waals surface area contributed by atoms with Crippen molar-refractivity contribution in [2.75, 3.05) is 13.1 Å². The Balaban J connectivity index is 1.40. The predicted molar refractivity (Wildman–Crippen MR) is 135 cm³/mol. The van der Waals surface area contributed by atoms with Crippen LogP contribution in [0.15, 0.2) is 95.9 Å². The molecule has 0 saturated carbocycles. The van der Waals surface area contributed by atoms with E-state index in [1.165, 1.54) is 9.87 Å².